The highest BCUT2D eigenvalue weighted by atomic mass is 79.9. The molecule has 1 unspecified atom stereocenters. The van der Waals surface area contributed by atoms with E-state index in [1.54, 1.807) is 0 Å². The molecule has 1 aliphatic rings. The Bertz CT molecular complexity index is 647. The molecule has 1 saturated heterocycles. The number of aryl methyl sites for hydroxylation is 1. The van der Waals surface area contributed by atoms with E-state index >= 15 is 0 Å². The second-order valence-electron chi connectivity index (χ2n) is 5.91. The molecule has 0 radical (unpaired) electrons. The average molecular weight is 361 g/mol. The monoisotopic (exact) mass is 360 g/mol. The van der Waals surface area contributed by atoms with Gasteiger partial charge < -0.3 is 9.47 Å². The zero-order chi connectivity index (χ0) is 15.5. The summed E-state index contributed by atoms with van der Waals surface area (Å²) in [5.74, 6) is 0.139. The third kappa shape index (κ3) is 3.12. The summed E-state index contributed by atoms with van der Waals surface area (Å²) >= 11 is 3.43. The Morgan fingerprint density at radius 3 is 2.59 bits per heavy atom. The molecule has 116 valence electrons. The van der Waals surface area contributed by atoms with Gasteiger partial charge in [0.15, 0.2) is 0 Å². The minimum Gasteiger partial charge on any atom is -0.353 e. The van der Waals surface area contributed by atoms with Crippen molar-refractivity contribution in [2.24, 2.45) is 7.05 Å². The van der Waals surface area contributed by atoms with Crippen LogP contribution in [0.3, 0.4) is 0 Å². The number of carbonyl (C=O) groups is 1. The molecule has 1 aromatic carbocycles. The van der Waals surface area contributed by atoms with E-state index in [9.17, 15) is 4.79 Å². The lowest BCUT2D eigenvalue weighted by molar-refractivity contribution is 0.0674. The highest BCUT2D eigenvalue weighted by molar-refractivity contribution is 9.10. The number of rotatable bonds is 2. The summed E-state index contributed by atoms with van der Waals surface area (Å²) in [6.07, 6.45) is 6.57. The van der Waals surface area contributed by atoms with Gasteiger partial charge in [0.25, 0.3) is 5.91 Å². The smallest absolute Gasteiger partial charge is 0.254 e. The Morgan fingerprint density at radius 2 is 1.91 bits per heavy atom. The summed E-state index contributed by atoms with van der Waals surface area (Å²) in [7, 11) is 2.06. The predicted molar refractivity (Wildman–Crippen MR) is 91.8 cm³/mol. The highest BCUT2D eigenvalue weighted by Gasteiger charge is 2.28. The molecule has 3 nitrogen and oxygen atoms in total. The van der Waals surface area contributed by atoms with Crippen LogP contribution in [0.5, 0.6) is 0 Å². The van der Waals surface area contributed by atoms with Crippen LogP contribution in [-0.4, -0.2) is 21.9 Å². The Hall–Kier alpha value is -1.55. The zero-order valence-electron chi connectivity index (χ0n) is 12.8. The van der Waals surface area contributed by atoms with Gasteiger partial charge in [0, 0.05) is 35.5 Å². The molecule has 2 heterocycles. The van der Waals surface area contributed by atoms with Crippen LogP contribution in [0, 0.1) is 0 Å². The van der Waals surface area contributed by atoms with E-state index in [1.165, 1.54) is 18.5 Å². The molecule has 3 rings (SSSR count). The zero-order valence-corrected chi connectivity index (χ0v) is 14.4. The van der Waals surface area contributed by atoms with E-state index in [1.807, 2.05) is 24.3 Å². The molecule has 1 amide bonds. The molecule has 0 saturated carbocycles. The minimum absolute atomic E-state index is 0.139. The van der Waals surface area contributed by atoms with Gasteiger partial charge in [0.05, 0.1) is 6.04 Å². The number of hydrogen-bond acceptors (Lipinski definition) is 1. The summed E-state index contributed by atoms with van der Waals surface area (Å²) in [6, 6.07) is 12.0. The molecule has 0 spiro atoms. The normalized spacial score (nSPS) is 19.0. The first-order chi connectivity index (χ1) is 10.7. The van der Waals surface area contributed by atoms with Crippen molar-refractivity contribution >= 4 is 21.8 Å². The minimum atomic E-state index is 0.139. The standard InChI is InChI=1S/C18H21BrN2O/c1-20-12-5-7-16(20)17-6-3-2-4-13-21(17)18(22)14-8-10-15(19)11-9-14/h5,7-12,17H,2-4,6,13H2,1H3. The van der Waals surface area contributed by atoms with Crippen molar-refractivity contribution in [1.82, 2.24) is 9.47 Å². The molecule has 0 bridgehead atoms. The number of halogens is 1. The van der Waals surface area contributed by atoms with Gasteiger partial charge in [0.1, 0.15) is 0 Å². The third-order valence-corrected chi connectivity index (χ3v) is 4.96. The molecule has 4 heteroatoms. The second-order valence-corrected chi connectivity index (χ2v) is 6.83. The predicted octanol–water partition coefficient (Wildman–Crippen LogP) is 4.55. The molecular formula is C18H21BrN2O. The number of nitrogens with zero attached hydrogens (tertiary/aromatic N) is 2. The molecule has 22 heavy (non-hydrogen) atoms. The van der Waals surface area contributed by atoms with Crippen molar-refractivity contribution in [1.29, 1.82) is 0 Å². The van der Waals surface area contributed by atoms with Gasteiger partial charge in [-0.1, -0.05) is 28.8 Å². The van der Waals surface area contributed by atoms with Crippen molar-refractivity contribution in [3.8, 4) is 0 Å². The first-order valence-corrected chi connectivity index (χ1v) is 8.64. The molecular weight excluding hydrogens is 340 g/mol. The number of aromatic nitrogens is 1. The molecule has 1 aliphatic heterocycles. The van der Waals surface area contributed by atoms with E-state index in [-0.39, 0.29) is 11.9 Å². The maximum atomic E-state index is 13.0. The van der Waals surface area contributed by atoms with Crippen molar-refractivity contribution < 1.29 is 4.79 Å². The highest BCUT2D eigenvalue weighted by Crippen LogP contribution is 2.31. The topological polar surface area (TPSA) is 25.2 Å². The van der Waals surface area contributed by atoms with Gasteiger partial charge >= 0.3 is 0 Å². The first-order valence-electron chi connectivity index (χ1n) is 7.84. The number of amides is 1. The fourth-order valence-corrected chi connectivity index (χ4v) is 3.50. The number of hydrogen-bond donors (Lipinski definition) is 0. The molecule has 1 atom stereocenters. The van der Waals surface area contributed by atoms with Crippen molar-refractivity contribution in [2.45, 2.75) is 31.7 Å². The van der Waals surface area contributed by atoms with Crippen molar-refractivity contribution in [2.75, 3.05) is 6.54 Å². The number of likely N-dealkylation sites (tertiary alicyclic amines) is 1. The number of benzene rings is 1. The van der Waals surface area contributed by atoms with E-state index < -0.39 is 0 Å². The van der Waals surface area contributed by atoms with Gasteiger partial charge in [-0.05, 0) is 49.2 Å². The van der Waals surface area contributed by atoms with Crippen LogP contribution in [-0.2, 0) is 7.05 Å². The maximum Gasteiger partial charge on any atom is 0.254 e. The summed E-state index contributed by atoms with van der Waals surface area (Å²) in [5.41, 5.74) is 2.00. The fraction of sp³-hybridized carbons (Fsp3) is 0.389. The van der Waals surface area contributed by atoms with Crippen LogP contribution < -0.4 is 0 Å². The second kappa shape index (κ2) is 6.69. The average Bonchev–Trinajstić information content (AvgIpc) is 2.80. The lowest BCUT2D eigenvalue weighted by Gasteiger charge is -2.30. The van der Waals surface area contributed by atoms with Gasteiger partial charge in [-0.3, -0.25) is 4.79 Å². The van der Waals surface area contributed by atoms with E-state index in [4.69, 9.17) is 0 Å². The molecule has 1 aromatic heterocycles. The first kappa shape index (κ1) is 15.3. The van der Waals surface area contributed by atoms with Crippen molar-refractivity contribution in [3.63, 3.8) is 0 Å². The Morgan fingerprint density at radius 1 is 1.14 bits per heavy atom. The SMILES string of the molecule is Cn1cccc1C1CCCCCN1C(=O)c1ccc(Br)cc1. The largest absolute Gasteiger partial charge is 0.353 e. The Kier molecular flexibility index (Phi) is 4.67. The summed E-state index contributed by atoms with van der Waals surface area (Å²) < 4.78 is 3.14. The van der Waals surface area contributed by atoms with Gasteiger partial charge in [-0.25, -0.2) is 0 Å². The number of carbonyl (C=O) groups excluding carboxylic acids is 1. The van der Waals surface area contributed by atoms with Crippen molar-refractivity contribution in [3.05, 3.63) is 58.3 Å². The van der Waals surface area contributed by atoms with Crippen LogP contribution in [0.1, 0.15) is 47.8 Å². The van der Waals surface area contributed by atoms with Crippen LogP contribution >= 0.6 is 15.9 Å². The summed E-state index contributed by atoms with van der Waals surface area (Å²) in [4.78, 5) is 15.0. The lowest BCUT2D eigenvalue weighted by atomic mass is 10.1. The Labute approximate surface area is 140 Å². The van der Waals surface area contributed by atoms with Crippen LogP contribution in [0.2, 0.25) is 0 Å². The molecule has 2 aromatic rings. The molecule has 0 N–H and O–H groups in total. The third-order valence-electron chi connectivity index (χ3n) is 4.43. The van der Waals surface area contributed by atoms with E-state index in [0.29, 0.717) is 0 Å². The van der Waals surface area contributed by atoms with Gasteiger partial charge in [-0.2, -0.15) is 0 Å². The Balaban J connectivity index is 1.92. The maximum absolute atomic E-state index is 13.0. The van der Waals surface area contributed by atoms with Gasteiger partial charge in [-0.15, -0.1) is 0 Å². The lowest BCUT2D eigenvalue weighted by Crippen LogP contribution is -2.35. The molecule has 1 fully saturated rings. The van der Waals surface area contributed by atoms with Crippen LogP contribution in [0.25, 0.3) is 0 Å². The fourth-order valence-electron chi connectivity index (χ4n) is 3.24. The summed E-state index contributed by atoms with van der Waals surface area (Å²) in [6.45, 7) is 0.838. The molecule has 0 aliphatic carbocycles. The van der Waals surface area contributed by atoms with Crippen LogP contribution in [0.15, 0.2) is 47.1 Å². The summed E-state index contributed by atoms with van der Waals surface area (Å²) in [5, 5.41) is 0. The quantitative estimate of drug-likeness (QED) is 0.771. The van der Waals surface area contributed by atoms with E-state index in [0.717, 1.165) is 29.4 Å². The van der Waals surface area contributed by atoms with Crippen LogP contribution in [0.4, 0.5) is 0 Å². The van der Waals surface area contributed by atoms with E-state index in [2.05, 4.69) is 50.8 Å². The van der Waals surface area contributed by atoms with Gasteiger partial charge in [0.2, 0.25) is 0 Å².